The van der Waals surface area contributed by atoms with E-state index in [-0.39, 0.29) is 10.8 Å². The maximum absolute atomic E-state index is 12.6. The molecule has 32 heavy (non-hydrogen) atoms. The molecule has 3 nitrogen and oxygen atoms in total. The molecule has 0 aromatic heterocycles. The minimum Gasteiger partial charge on any atom is -0.433 e. The van der Waals surface area contributed by atoms with Crippen molar-refractivity contribution in [3.8, 4) is 0 Å². The van der Waals surface area contributed by atoms with E-state index in [1.54, 1.807) is 0 Å². The van der Waals surface area contributed by atoms with Gasteiger partial charge in [0, 0.05) is 10.8 Å². The fraction of sp³-hybridized carbons (Fsp3) is 0.828. The van der Waals surface area contributed by atoms with Gasteiger partial charge in [0.2, 0.25) is 0 Å². The van der Waals surface area contributed by atoms with Gasteiger partial charge in [-0.15, -0.1) is 0 Å². The molecule has 0 unspecified atom stereocenters. The van der Waals surface area contributed by atoms with Crippen LogP contribution in [0.25, 0.3) is 0 Å². The van der Waals surface area contributed by atoms with Gasteiger partial charge in [0.25, 0.3) is 0 Å². The molecule has 0 bridgehead atoms. The topological polar surface area (TPSA) is 35.5 Å². The molecular weight excluding hydrogens is 396 g/mol. The molecule has 2 rings (SSSR count). The predicted molar refractivity (Wildman–Crippen MR) is 135 cm³/mol. The van der Waals surface area contributed by atoms with Crippen molar-refractivity contribution in [2.45, 2.75) is 107 Å². The lowest BCUT2D eigenvalue weighted by Gasteiger charge is -2.45. The molecule has 0 saturated heterocycles. The van der Waals surface area contributed by atoms with E-state index < -0.39 is 6.16 Å². The minimum atomic E-state index is -0.540. The molecule has 2 fully saturated rings. The van der Waals surface area contributed by atoms with Gasteiger partial charge in [0.05, 0.1) is 0 Å². The summed E-state index contributed by atoms with van der Waals surface area (Å²) in [6.07, 6.45) is 8.20. The third-order valence-electron chi connectivity index (χ3n) is 9.08. The Hall–Kier alpha value is -1.25. The number of hydrogen-bond acceptors (Lipinski definition) is 3. The summed E-state index contributed by atoms with van der Waals surface area (Å²) < 4.78 is 11.4. The maximum Gasteiger partial charge on any atom is 0.508 e. The highest BCUT2D eigenvalue weighted by molar-refractivity contribution is 5.60. The molecular formula is C29H50O3. The third-order valence-corrected chi connectivity index (χ3v) is 9.08. The van der Waals surface area contributed by atoms with Crippen LogP contribution in [0.15, 0.2) is 24.3 Å². The van der Waals surface area contributed by atoms with Crippen molar-refractivity contribution in [3.05, 3.63) is 24.3 Å². The predicted octanol–water partition coefficient (Wildman–Crippen LogP) is 8.74. The van der Waals surface area contributed by atoms with E-state index in [1.165, 1.54) is 0 Å². The summed E-state index contributed by atoms with van der Waals surface area (Å²) in [4.78, 5) is 12.6. The zero-order valence-corrected chi connectivity index (χ0v) is 22.4. The van der Waals surface area contributed by atoms with Crippen LogP contribution in [0.2, 0.25) is 0 Å². The van der Waals surface area contributed by atoms with Crippen LogP contribution in [0.3, 0.4) is 0 Å². The largest absolute Gasteiger partial charge is 0.508 e. The monoisotopic (exact) mass is 446 g/mol. The normalized spacial score (nSPS) is 31.6. The molecule has 2 aliphatic rings. The van der Waals surface area contributed by atoms with Gasteiger partial charge in [-0.1, -0.05) is 65.8 Å². The van der Waals surface area contributed by atoms with Crippen molar-refractivity contribution >= 4 is 6.16 Å². The summed E-state index contributed by atoms with van der Waals surface area (Å²) in [5.74, 6) is 1.42. The lowest BCUT2D eigenvalue weighted by molar-refractivity contribution is -0.0150. The fourth-order valence-electron chi connectivity index (χ4n) is 5.90. The van der Waals surface area contributed by atoms with Gasteiger partial charge in [-0.25, -0.2) is 4.79 Å². The van der Waals surface area contributed by atoms with Gasteiger partial charge in [0.15, 0.2) is 0 Å². The summed E-state index contributed by atoms with van der Waals surface area (Å²) in [6, 6.07) is 0. The molecule has 0 heterocycles. The molecule has 0 N–H and O–H groups in total. The summed E-state index contributed by atoms with van der Waals surface area (Å²) in [6.45, 7) is 27.4. The van der Waals surface area contributed by atoms with Crippen LogP contribution in [0.5, 0.6) is 0 Å². The van der Waals surface area contributed by atoms with Crippen LogP contribution in [-0.2, 0) is 9.47 Å². The average molecular weight is 447 g/mol. The van der Waals surface area contributed by atoms with Crippen LogP contribution < -0.4 is 0 Å². The average Bonchev–Trinajstić information content (AvgIpc) is 2.69. The number of carbonyl (C=O) groups excluding carboxylic acids is 1. The van der Waals surface area contributed by atoms with E-state index in [0.29, 0.717) is 35.9 Å². The number of hydrogen-bond donors (Lipinski definition) is 0. The zero-order chi connectivity index (χ0) is 24.4. The van der Waals surface area contributed by atoms with Crippen molar-refractivity contribution in [1.82, 2.24) is 0 Å². The molecule has 184 valence electrons. The second kappa shape index (κ2) is 9.94. The Labute approximate surface area is 198 Å². The standard InChI is InChI=1S/C29H50O3/c1-21(2)28(15-11-23(12-16-28)26(5,6)7)19-31-25(30)32-20-29(22(3)4)17-13-24(14-18-29)27(8,9)10/h23-24H,1,3,11-20H2,2,4-10H3. The summed E-state index contributed by atoms with van der Waals surface area (Å²) in [5.41, 5.74) is 2.66. The van der Waals surface area contributed by atoms with Gasteiger partial charge < -0.3 is 9.47 Å². The van der Waals surface area contributed by atoms with Crippen molar-refractivity contribution in [1.29, 1.82) is 0 Å². The Balaban J connectivity index is 1.91. The Morgan fingerprint density at radius 3 is 1.22 bits per heavy atom. The highest BCUT2D eigenvalue weighted by atomic mass is 16.7. The maximum atomic E-state index is 12.6. The Bertz CT molecular complexity index is 614. The van der Waals surface area contributed by atoms with E-state index in [9.17, 15) is 4.79 Å². The van der Waals surface area contributed by atoms with Crippen molar-refractivity contribution in [2.24, 2.45) is 33.5 Å². The number of carbonyl (C=O) groups is 1. The fourth-order valence-corrected chi connectivity index (χ4v) is 5.90. The molecule has 2 aliphatic carbocycles. The Morgan fingerprint density at radius 2 is 1.00 bits per heavy atom. The molecule has 3 heteroatoms. The van der Waals surface area contributed by atoms with Crippen molar-refractivity contribution in [2.75, 3.05) is 13.2 Å². The van der Waals surface area contributed by atoms with Crippen LogP contribution in [-0.4, -0.2) is 19.4 Å². The first-order chi connectivity index (χ1) is 14.6. The summed E-state index contributed by atoms with van der Waals surface area (Å²) in [5, 5.41) is 0. The molecule has 0 aliphatic heterocycles. The van der Waals surface area contributed by atoms with Gasteiger partial charge in [-0.3, -0.25) is 0 Å². The second-order valence-electron chi connectivity index (χ2n) is 13.2. The van der Waals surface area contributed by atoms with Gasteiger partial charge in [-0.05, 0) is 87.9 Å². The van der Waals surface area contributed by atoms with E-state index in [4.69, 9.17) is 9.47 Å². The van der Waals surface area contributed by atoms with E-state index in [0.717, 1.165) is 62.5 Å². The highest BCUT2D eigenvalue weighted by Crippen LogP contribution is 2.50. The van der Waals surface area contributed by atoms with Crippen LogP contribution in [0.4, 0.5) is 4.79 Å². The van der Waals surface area contributed by atoms with Gasteiger partial charge >= 0.3 is 6.16 Å². The number of rotatable bonds is 6. The molecule has 0 radical (unpaired) electrons. The second-order valence-corrected chi connectivity index (χ2v) is 13.2. The highest BCUT2D eigenvalue weighted by Gasteiger charge is 2.42. The lowest BCUT2D eigenvalue weighted by atomic mass is 9.62. The van der Waals surface area contributed by atoms with Crippen molar-refractivity contribution < 1.29 is 14.3 Å². The Kier molecular flexibility index (Phi) is 8.38. The van der Waals surface area contributed by atoms with Crippen LogP contribution in [0, 0.1) is 33.5 Å². The van der Waals surface area contributed by atoms with Gasteiger partial charge in [-0.2, -0.15) is 0 Å². The molecule has 0 aromatic rings. The number of ether oxygens (including phenoxy) is 2. The molecule has 0 aromatic carbocycles. The minimum absolute atomic E-state index is 0.114. The quantitative estimate of drug-likeness (QED) is 0.302. The van der Waals surface area contributed by atoms with Crippen molar-refractivity contribution in [3.63, 3.8) is 0 Å². The molecule has 2 saturated carbocycles. The van der Waals surface area contributed by atoms with E-state index in [1.807, 2.05) is 0 Å². The van der Waals surface area contributed by atoms with Crippen LogP contribution >= 0.6 is 0 Å². The first-order valence-electron chi connectivity index (χ1n) is 12.7. The first-order valence-corrected chi connectivity index (χ1v) is 12.7. The van der Waals surface area contributed by atoms with E-state index in [2.05, 4.69) is 68.5 Å². The lowest BCUT2D eigenvalue weighted by Crippen LogP contribution is -2.38. The Morgan fingerprint density at radius 1 is 0.719 bits per heavy atom. The van der Waals surface area contributed by atoms with Gasteiger partial charge in [0.1, 0.15) is 13.2 Å². The molecule has 0 amide bonds. The van der Waals surface area contributed by atoms with E-state index >= 15 is 0 Å². The summed E-state index contributed by atoms with van der Waals surface area (Å²) in [7, 11) is 0. The first kappa shape index (κ1) is 27.0. The summed E-state index contributed by atoms with van der Waals surface area (Å²) >= 11 is 0. The third kappa shape index (κ3) is 6.41. The van der Waals surface area contributed by atoms with Crippen LogP contribution in [0.1, 0.15) is 107 Å². The molecule has 0 spiro atoms. The molecule has 0 atom stereocenters. The smallest absolute Gasteiger partial charge is 0.433 e. The zero-order valence-electron chi connectivity index (χ0n) is 22.4. The SMILES string of the molecule is C=C(C)C1(COC(=O)OCC2(C(=C)C)CCC(C(C)(C)C)CC2)CCC(C(C)(C)C)CC1.